The van der Waals surface area contributed by atoms with Crippen LogP contribution in [0.25, 0.3) is 16.8 Å². The minimum atomic E-state index is -4.54. The van der Waals surface area contributed by atoms with Crippen molar-refractivity contribution in [1.82, 2.24) is 24.3 Å². The standard InChI is InChI=1S/C28H26F3N7O2/c1-32-25-24-23(36-26(37(24)13-12-34-25)18-6-7-20-8-9-22(39)38(20)15-18)16-2-4-17(5-3-16)27(40)35-21-14-19(10-11-33-21)28(29,30)31/h2-5,10-14,18,20H,6-9,15H2,1H3,(H,32,34)(H,33,35,40)/t18?,20-/m0/s1. The quantitative estimate of drug-likeness (QED) is 0.364. The fourth-order valence-electron chi connectivity index (χ4n) is 5.66. The third kappa shape index (κ3) is 4.63. The molecule has 0 spiro atoms. The highest BCUT2D eigenvalue weighted by atomic mass is 19.4. The number of hydrogen-bond acceptors (Lipinski definition) is 6. The molecule has 1 aromatic carbocycles. The topological polar surface area (TPSA) is 105 Å². The van der Waals surface area contributed by atoms with Crippen LogP contribution in [0, 0.1) is 0 Å². The molecule has 2 atom stereocenters. The van der Waals surface area contributed by atoms with Crippen LogP contribution in [0.2, 0.25) is 0 Å². The Morgan fingerprint density at radius 2 is 1.85 bits per heavy atom. The number of carbonyl (C=O) groups is 2. The molecule has 2 N–H and O–H groups in total. The number of nitrogens with one attached hydrogen (secondary N) is 2. The van der Waals surface area contributed by atoms with Crippen LogP contribution in [-0.4, -0.2) is 55.7 Å². The van der Waals surface area contributed by atoms with Gasteiger partial charge in [0.2, 0.25) is 5.91 Å². The summed E-state index contributed by atoms with van der Waals surface area (Å²) in [4.78, 5) is 40.5. The number of pyridine rings is 1. The molecule has 5 heterocycles. The molecule has 0 radical (unpaired) electrons. The number of hydrogen-bond donors (Lipinski definition) is 2. The highest BCUT2D eigenvalue weighted by Gasteiger charge is 2.38. The number of fused-ring (bicyclic) bond motifs is 2. The fraction of sp³-hybridized carbons (Fsp3) is 0.321. The Bertz CT molecular complexity index is 1600. The van der Waals surface area contributed by atoms with Gasteiger partial charge < -0.3 is 15.5 Å². The van der Waals surface area contributed by atoms with Crippen molar-refractivity contribution in [3.05, 3.63) is 71.9 Å². The summed E-state index contributed by atoms with van der Waals surface area (Å²) in [6, 6.07) is 8.62. The zero-order valence-corrected chi connectivity index (χ0v) is 21.6. The van der Waals surface area contributed by atoms with Gasteiger partial charge in [0.15, 0.2) is 5.82 Å². The first-order chi connectivity index (χ1) is 19.2. The number of amides is 2. The van der Waals surface area contributed by atoms with Crippen molar-refractivity contribution in [3.63, 3.8) is 0 Å². The smallest absolute Gasteiger partial charge is 0.371 e. The molecule has 0 bridgehead atoms. The lowest BCUT2D eigenvalue weighted by atomic mass is 9.92. The third-order valence-corrected chi connectivity index (χ3v) is 7.65. The number of benzene rings is 1. The van der Waals surface area contributed by atoms with Crippen molar-refractivity contribution in [2.75, 3.05) is 24.2 Å². The zero-order chi connectivity index (χ0) is 28.0. The Hall–Kier alpha value is -4.48. The summed E-state index contributed by atoms with van der Waals surface area (Å²) < 4.78 is 41.1. The lowest BCUT2D eigenvalue weighted by molar-refractivity contribution is -0.137. The minimum Gasteiger partial charge on any atom is -0.371 e. The van der Waals surface area contributed by atoms with Gasteiger partial charge in [-0.1, -0.05) is 12.1 Å². The maximum atomic E-state index is 13.0. The molecule has 2 fully saturated rings. The van der Waals surface area contributed by atoms with Gasteiger partial charge in [0.25, 0.3) is 5.91 Å². The summed E-state index contributed by atoms with van der Waals surface area (Å²) in [6.45, 7) is 0.627. The number of imidazole rings is 1. The number of nitrogens with zero attached hydrogens (tertiary/aromatic N) is 5. The van der Waals surface area contributed by atoms with Gasteiger partial charge >= 0.3 is 6.18 Å². The fourth-order valence-corrected chi connectivity index (χ4v) is 5.66. The van der Waals surface area contributed by atoms with E-state index in [1.165, 1.54) is 0 Å². The van der Waals surface area contributed by atoms with Gasteiger partial charge in [0, 0.05) is 61.7 Å². The molecule has 1 unspecified atom stereocenters. The molecule has 4 aromatic rings. The highest BCUT2D eigenvalue weighted by Crippen LogP contribution is 2.38. The molecule has 2 amide bonds. The molecule has 206 valence electrons. The first-order valence-corrected chi connectivity index (χ1v) is 13.0. The lowest BCUT2D eigenvalue weighted by Gasteiger charge is -2.34. The monoisotopic (exact) mass is 549 g/mol. The Labute approximate surface area is 227 Å². The first kappa shape index (κ1) is 25.8. The predicted octanol–water partition coefficient (Wildman–Crippen LogP) is 4.97. The van der Waals surface area contributed by atoms with E-state index >= 15 is 0 Å². The number of aromatic nitrogens is 4. The van der Waals surface area contributed by atoms with Gasteiger partial charge in [0.1, 0.15) is 22.9 Å². The van der Waals surface area contributed by atoms with Crippen LogP contribution in [0.5, 0.6) is 0 Å². The molecule has 40 heavy (non-hydrogen) atoms. The Morgan fingerprint density at radius 3 is 2.60 bits per heavy atom. The number of piperidine rings is 1. The largest absolute Gasteiger partial charge is 0.416 e. The van der Waals surface area contributed by atoms with Crippen molar-refractivity contribution in [3.8, 4) is 11.3 Å². The maximum Gasteiger partial charge on any atom is 0.416 e. The summed E-state index contributed by atoms with van der Waals surface area (Å²) in [5.41, 5.74) is 1.55. The molecular formula is C28H26F3N7O2. The van der Waals surface area contributed by atoms with E-state index in [1.807, 2.05) is 15.5 Å². The predicted molar refractivity (Wildman–Crippen MR) is 142 cm³/mol. The SMILES string of the molecule is CNc1nccn2c(C3CC[C@H]4CCC(=O)N4C3)nc(-c3ccc(C(=O)Nc4cc(C(F)(F)F)ccn4)cc3)c12. The van der Waals surface area contributed by atoms with Gasteiger partial charge in [-0.15, -0.1) is 0 Å². The van der Waals surface area contributed by atoms with Gasteiger partial charge in [-0.3, -0.25) is 14.0 Å². The van der Waals surface area contributed by atoms with Crippen molar-refractivity contribution in [2.45, 2.75) is 43.8 Å². The van der Waals surface area contributed by atoms with Gasteiger partial charge in [0.05, 0.1) is 5.56 Å². The van der Waals surface area contributed by atoms with Crippen LogP contribution >= 0.6 is 0 Å². The van der Waals surface area contributed by atoms with Crippen LogP contribution < -0.4 is 10.6 Å². The van der Waals surface area contributed by atoms with Gasteiger partial charge in [-0.2, -0.15) is 13.2 Å². The van der Waals surface area contributed by atoms with Crippen LogP contribution in [0.3, 0.4) is 0 Å². The molecule has 0 aliphatic carbocycles. The molecule has 0 saturated carbocycles. The summed E-state index contributed by atoms with van der Waals surface area (Å²) in [5.74, 6) is 0.973. The number of rotatable bonds is 5. The number of carbonyl (C=O) groups excluding carboxylic acids is 2. The number of anilines is 2. The van der Waals surface area contributed by atoms with Crippen molar-refractivity contribution in [1.29, 1.82) is 0 Å². The molecule has 2 aliphatic rings. The van der Waals surface area contributed by atoms with E-state index in [0.717, 1.165) is 54.5 Å². The van der Waals surface area contributed by atoms with Crippen molar-refractivity contribution < 1.29 is 22.8 Å². The molecular weight excluding hydrogens is 523 g/mol. The molecule has 2 aliphatic heterocycles. The highest BCUT2D eigenvalue weighted by molar-refractivity contribution is 6.04. The average Bonchev–Trinajstić information content (AvgIpc) is 3.53. The number of halogens is 3. The molecule has 12 heteroatoms. The summed E-state index contributed by atoms with van der Waals surface area (Å²) in [5, 5.41) is 5.55. The maximum absolute atomic E-state index is 13.0. The minimum absolute atomic E-state index is 0.0664. The summed E-state index contributed by atoms with van der Waals surface area (Å²) in [7, 11) is 1.78. The second-order valence-corrected chi connectivity index (χ2v) is 10.0. The van der Waals surface area contributed by atoms with Crippen LogP contribution in [0.1, 0.15) is 53.3 Å². The summed E-state index contributed by atoms with van der Waals surface area (Å²) in [6.07, 6.45) is 3.41. The van der Waals surface area contributed by atoms with E-state index in [0.29, 0.717) is 30.5 Å². The Balaban J connectivity index is 1.30. The number of alkyl halides is 3. The molecule has 6 rings (SSSR count). The first-order valence-electron chi connectivity index (χ1n) is 13.0. The van der Waals surface area contributed by atoms with Crippen molar-refractivity contribution in [2.24, 2.45) is 0 Å². The van der Waals surface area contributed by atoms with E-state index in [2.05, 4.69) is 20.6 Å². The lowest BCUT2D eigenvalue weighted by Crippen LogP contribution is -2.41. The Morgan fingerprint density at radius 1 is 1.05 bits per heavy atom. The van der Waals surface area contributed by atoms with Crippen LogP contribution in [0.15, 0.2) is 55.0 Å². The molecule has 2 saturated heterocycles. The zero-order valence-electron chi connectivity index (χ0n) is 21.6. The van der Waals surface area contributed by atoms with E-state index < -0.39 is 17.6 Å². The van der Waals surface area contributed by atoms with Crippen molar-refractivity contribution >= 4 is 29.0 Å². The van der Waals surface area contributed by atoms with Gasteiger partial charge in [-0.05, 0) is 43.5 Å². The second kappa shape index (κ2) is 9.92. The third-order valence-electron chi connectivity index (χ3n) is 7.65. The van der Waals surface area contributed by atoms with Crippen LogP contribution in [0.4, 0.5) is 24.8 Å². The summed E-state index contributed by atoms with van der Waals surface area (Å²) >= 11 is 0. The molecule has 3 aromatic heterocycles. The van der Waals surface area contributed by atoms with Gasteiger partial charge in [-0.25, -0.2) is 15.0 Å². The van der Waals surface area contributed by atoms with E-state index in [1.54, 1.807) is 37.5 Å². The Kier molecular flexibility index (Phi) is 6.40. The van der Waals surface area contributed by atoms with E-state index in [4.69, 9.17) is 4.98 Å². The van der Waals surface area contributed by atoms with E-state index in [9.17, 15) is 22.8 Å². The second-order valence-electron chi connectivity index (χ2n) is 10.0. The molecule has 9 nitrogen and oxygen atoms in total. The van der Waals surface area contributed by atoms with E-state index in [-0.39, 0.29) is 23.2 Å². The average molecular weight is 550 g/mol. The normalized spacial score (nSPS) is 19.1. The van der Waals surface area contributed by atoms with Crippen LogP contribution in [-0.2, 0) is 11.0 Å².